The number of fused-ring (bicyclic) bond motifs is 1. The van der Waals surface area contributed by atoms with Crippen molar-refractivity contribution in [2.45, 2.75) is 39.0 Å². The summed E-state index contributed by atoms with van der Waals surface area (Å²) in [5.41, 5.74) is 3.78. The fraction of sp³-hybridized carbons (Fsp3) is 0.286. The first-order valence-corrected chi connectivity index (χ1v) is 8.95. The average molecular weight is 364 g/mol. The molecule has 4 rings (SSSR count). The lowest BCUT2D eigenvalue weighted by Crippen LogP contribution is -2.44. The molecule has 1 unspecified atom stereocenters. The Morgan fingerprint density at radius 1 is 1.15 bits per heavy atom. The second kappa shape index (κ2) is 6.54. The number of carbonyl (C=O) groups excluding carboxylic acids is 3. The van der Waals surface area contributed by atoms with Crippen LogP contribution in [0.3, 0.4) is 0 Å². The number of aryl methyl sites for hydroxylation is 2. The van der Waals surface area contributed by atoms with Crippen LogP contribution in [0, 0.1) is 13.8 Å². The zero-order chi connectivity index (χ0) is 19.1. The van der Waals surface area contributed by atoms with Gasteiger partial charge in [-0.25, -0.2) is 4.79 Å². The first-order chi connectivity index (χ1) is 13.0. The maximum atomic E-state index is 12.9. The molecule has 6 nitrogen and oxygen atoms in total. The number of carbonyl (C=O) groups is 3. The average Bonchev–Trinajstić information content (AvgIpc) is 3.18. The zero-order valence-corrected chi connectivity index (χ0v) is 15.2. The minimum absolute atomic E-state index is 0.189. The predicted molar refractivity (Wildman–Crippen MR) is 99.0 cm³/mol. The van der Waals surface area contributed by atoms with Crippen molar-refractivity contribution in [3.05, 3.63) is 64.7 Å². The van der Waals surface area contributed by atoms with Crippen LogP contribution in [0.15, 0.2) is 42.5 Å². The molecule has 2 aliphatic rings. The molecule has 27 heavy (non-hydrogen) atoms. The van der Waals surface area contributed by atoms with Crippen LogP contribution in [0.4, 0.5) is 5.69 Å². The molecule has 6 heteroatoms. The van der Waals surface area contributed by atoms with Gasteiger partial charge in [0.15, 0.2) is 0 Å². The molecule has 0 bridgehead atoms. The van der Waals surface area contributed by atoms with Gasteiger partial charge in [-0.2, -0.15) is 0 Å². The largest absolute Gasteiger partial charge is 0.433 e. The van der Waals surface area contributed by atoms with Gasteiger partial charge in [-0.15, -0.1) is 0 Å². The van der Waals surface area contributed by atoms with Gasteiger partial charge < -0.3 is 10.1 Å². The van der Waals surface area contributed by atoms with Crippen LogP contribution in [0.25, 0.3) is 0 Å². The van der Waals surface area contributed by atoms with Crippen molar-refractivity contribution < 1.29 is 19.1 Å². The lowest BCUT2D eigenvalue weighted by molar-refractivity contribution is -0.144. The highest BCUT2D eigenvalue weighted by molar-refractivity contribution is 6.00. The minimum atomic E-state index is -0.849. The van der Waals surface area contributed by atoms with Gasteiger partial charge in [-0.1, -0.05) is 30.3 Å². The molecule has 2 heterocycles. The van der Waals surface area contributed by atoms with Crippen LogP contribution in [-0.2, 0) is 14.3 Å². The van der Waals surface area contributed by atoms with Crippen molar-refractivity contribution >= 4 is 23.5 Å². The lowest BCUT2D eigenvalue weighted by atomic mass is 10.1. The fourth-order valence-electron chi connectivity index (χ4n) is 3.67. The molecule has 0 radical (unpaired) electrons. The lowest BCUT2D eigenvalue weighted by Gasteiger charge is -2.29. The molecule has 2 aliphatic heterocycles. The smallest absolute Gasteiger partial charge is 0.340 e. The molecule has 0 saturated carbocycles. The highest BCUT2D eigenvalue weighted by Gasteiger charge is 2.46. The Morgan fingerprint density at radius 3 is 2.74 bits per heavy atom. The summed E-state index contributed by atoms with van der Waals surface area (Å²) in [4.78, 5) is 39.0. The molecule has 2 atom stereocenters. The second-order valence-corrected chi connectivity index (χ2v) is 7.01. The highest BCUT2D eigenvalue weighted by atomic mass is 16.6. The van der Waals surface area contributed by atoms with E-state index in [1.165, 1.54) is 4.90 Å². The molecule has 2 amide bonds. The van der Waals surface area contributed by atoms with Crippen LogP contribution in [-0.4, -0.2) is 28.7 Å². The number of rotatable bonds is 3. The van der Waals surface area contributed by atoms with Crippen LogP contribution < -0.4 is 5.32 Å². The van der Waals surface area contributed by atoms with Crippen molar-refractivity contribution in [1.82, 2.24) is 4.90 Å². The SMILES string of the molecule is Cc1ccc(C)c(NC(=O)[C@@H]2CCC(=O)N2C2OC(=O)c3ccccc32)c1. The molecule has 2 aromatic carbocycles. The third kappa shape index (κ3) is 2.97. The van der Waals surface area contributed by atoms with Gasteiger partial charge in [0.2, 0.25) is 18.0 Å². The molecular formula is C21H20N2O4. The molecule has 1 saturated heterocycles. The Hall–Kier alpha value is -3.15. The molecule has 1 N–H and O–H groups in total. The number of ether oxygens (including phenoxy) is 1. The monoisotopic (exact) mass is 364 g/mol. The predicted octanol–water partition coefficient (Wildman–Crippen LogP) is 3.10. The second-order valence-electron chi connectivity index (χ2n) is 7.01. The number of esters is 1. The maximum absolute atomic E-state index is 12.9. The summed E-state index contributed by atoms with van der Waals surface area (Å²) < 4.78 is 5.45. The van der Waals surface area contributed by atoms with Gasteiger partial charge in [0.1, 0.15) is 6.04 Å². The molecule has 0 aromatic heterocycles. The number of benzene rings is 2. The number of likely N-dealkylation sites (tertiary alicyclic amines) is 1. The summed E-state index contributed by atoms with van der Waals surface area (Å²) in [6.45, 7) is 3.87. The van der Waals surface area contributed by atoms with Crippen molar-refractivity contribution in [3.8, 4) is 0 Å². The minimum Gasteiger partial charge on any atom is -0.433 e. The Labute approximate surface area is 157 Å². The van der Waals surface area contributed by atoms with Gasteiger partial charge in [-0.3, -0.25) is 14.5 Å². The van der Waals surface area contributed by atoms with Crippen LogP contribution in [0.1, 0.15) is 46.1 Å². The van der Waals surface area contributed by atoms with E-state index in [1.807, 2.05) is 32.0 Å². The van der Waals surface area contributed by atoms with E-state index in [4.69, 9.17) is 4.74 Å². The number of amides is 2. The maximum Gasteiger partial charge on any atom is 0.340 e. The van der Waals surface area contributed by atoms with E-state index < -0.39 is 18.2 Å². The Morgan fingerprint density at radius 2 is 1.93 bits per heavy atom. The number of hydrogen-bond acceptors (Lipinski definition) is 4. The first kappa shape index (κ1) is 17.3. The zero-order valence-electron chi connectivity index (χ0n) is 15.2. The standard InChI is InChI=1S/C21H20N2O4/c1-12-7-8-13(2)16(11-12)22-19(25)17-9-10-18(24)23(17)20-14-5-3-4-6-15(14)21(26)27-20/h3-8,11,17,20H,9-10H2,1-2H3,(H,22,25)/t17-,20?/m0/s1. The number of anilines is 1. The summed E-state index contributed by atoms with van der Waals surface area (Å²) in [5.74, 6) is -0.926. The summed E-state index contributed by atoms with van der Waals surface area (Å²) in [6.07, 6.45) is -0.203. The first-order valence-electron chi connectivity index (χ1n) is 8.95. The van der Waals surface area contributed by atoms with Crippen molar-refractivity contribution in [3.63, 3.8) is 0 Å². The molecule has 2 aromatic rings. The molecule has 1 fully saturated rings. The van der Waals surface area contributed by atoms with E-state index in [1.54, 1.807) is 24.3 Å². The van der Waals surface area contributed by atoms with Crippen LogP contribution in [0.5, 0.6) is 0 Å². The van der Waals surface area contributed by atoms with E-state index in [0.717, 1.165) is 16.8 Å². The van der Waals surface area contributed by atoms with Crippen LogP contribution in [0.2, 0.25) is 0 Å². The number of cyclic esters (lactones) is 1. The molecule has 0 aliphatic carbocycles. The van der Waals surface area contributed by atoms with E-state index in [0.29, 0.717) is 17.5 Å². The van der Waals surface area contributed by atoms with Gasteiger partial charge in [0.25, 0.3) is 0 Å². The van der Waals surface area contributed by atoms with Crippen molar-refractivity contribution in [2.75, 3.05) is 5.32 Å². The third-order valence-electron chi connectivity index (χ3n) is 5.13. The van der Waals surface area contributed by atoms with Gasteiger partial charge in [0, 0.05) is 17.7 Å². The van der Waals surface area contributed by atoms with Gasteiger partial charge >= 0.3 is 5.97 Å². The number of nitrogens with one attached hydrogen (secondary N) is 1. The van der Waals surface area contributed by atoms with E-state index in [2.05, 4.69) is 5.32 Å². The molecule has 0 spiro atoms. The molecular weight excluding hydrogens is 344 g/mol. The summed E-state index contributed by atoms with van der Waals surface area (Å²) in [5, 5.41) is 2.93. The van der Waals surface area contributed by atoms with E-state index in [-0.39, 0.29) is 18.2 Å². The number of nitrogens with zero attached hydrogens (tertiary/aromatic N) is 1. The quantitative estimate of drug-likeness (QED) is 0.849. The summed E-state index contributed by atoms with van der Waals surface area (Å²) in [6, 6.07) is 12.1. The highest BCUT2D eigenvalue weighted by Crippen LogP contribution is 2.38. The van der Waals surface area contributed by atoms with E-state index in [9.17, 15) is 14.4 Å². The van der Waals surface area contributed by atoms with Crippen LogP contribution >= 0.6 is 0 Å². The Balaban J connectivity index is 1.62. The third-order valence-corrected chi connectivity index (χ3v) is 5.13. The topological polar surface area (TPSA) is 75.7 Å². The Bertz CT molecular complexity index is 953. The van der Waals surface area contributed by atoms with Crippen molar-refractivity contribution in [1.29, 1.82) is 0 Å². The normalized spacial score (nSPS) is 21.2. The molecule has 138 valence electrons. The van der Waals surface area contributed by atoms with Gasteiger partial charge in [0.05, 0.1) is 5.56 Å². The Kier molecular flexibility index (Phi) is 4.18. The van der Waals surface area contributed by atoms with Gasteiger partial charge in [-0.05, 0) is 43.5 Å². The number of hydrogen-bond donors (Lipinski definition) is 1. The van der Waals surface area contributed by atoms with E-state index >= 15 is 0 Å². The van der Waals surface area contributed by atoms with Crippen molar-refractivity contribution in [2.24, 2.45) is 0 Å². The fourth-order valence-corrected chi connectivity index (χ4v) is 3.67. The summed E-state index contributed by atoms with van der Waals surface area (Å²) in [7, 11) is 0. The summed E-state index contributed by atoms with van der Waals surface area (Å²) >= 11 is 0.